The van der Waals surface area contributed by atoms with Gasteiger partial charge >= 0.3 is 0 Å². The Kier molecular flexibility index (Phi) is 5.69. The predicted octanol–water partition coefficient (Wildman–Crippen LogP) is 4.56. The predicted molar refractivity (Wildman–Crippen MR) is 99.0 cm³/mol. The third-order valence-electron chi connectivity index (χ3n) is 4.32. The van der Waals surface area contributed by atoms with E-state index in [-0.39, 0.29) is 5.54 Å². The first kappa shape index (κ1) is 17.4. The maximum atomic E-state index is 5.21. The van der Waals surface area contributed by atoms with Crippen LogP contribution in [0.1, 0.15) is 50.3 Å². The number of methoxy groups -OCH3 is 1. The molecule has 0 spiro atoms. The van der Waals surface area contributed by atoms with Crippen molar-refractivity contribution in [3.8, 4) is 11.8 Å². The molecule has 1 aliphatic rings. The Balaban J connectivity index is 2.30. The summed E-state index contributed by atoms with van der Waals surface area (Å²) < 4.78 is 5.21. The highest BCUT2D eigenvalue weighted by molar-refractivity contribution is 5.79. The summed E-state index contributed by atoms with van der Waals surface area (Å²) in [5, 5.41) is 0. The molecule has 23 heavy (non-hydrogen) atoms. The van der Waals surface area contributed by atoms with Crippen LogP contribution in [0.3, 0.4) is 0 Å². The minimum atomic E-state index is -0.128. The number of rotatable bonds is 4. The van der Waals surface area contributed by atoms with E-state index < -0.39 is 0 Å². The topological polar surface area (TPSA) is 12.5 Å². The van der Waals surface area contributed by atoms with Gasteiger partial charge in [0.15, 0.2) is 0 Å². The van der Waals surface area contributed by atoms with Crippen molar-refractivity contribution in [2.24, 2.45) is 0 Å². The summed E-state index contributed by atoms with van der Waals surface area (Å²) in [6.45, 7) is 7.60. The van der Waals surface area contributed by atoms with Crippen LogP contribution >= 0.6 is 0 Å². The first-order chi connectivity index (χ1) is 11.0. The second kappa shape index (κ2) is 7.53. The van der Waals surface area contributed by atoms with E-state index in [1.807, 2.05) is 6.26 Å². The summed E-state index contributed by atoms with van der Waals surface area (Å²) in [4.78, 5) is 2.30. The smallest absolute Gasteiger partial charge is 0.0865 e. The lowest BCUT2D eigenvalue weighted by molar-refractivity contribution is 0.214. The molecule has 0 amide bonds. The molecule has 0 fully saturated rings. The van der Waals surface area contributed by atoms with Gasteiger partial charge < -0.3 is 4.74 Å². The van der Waals surface area contributed by atoms with Crippen molar-refractivity contribution in [2.75, 3.05) is 20.7 Å². The minimum Gasteiger partial charge on any atom is -0.504 e. The summed E-state index contributed by atoms with van der Waals surface area (Å²) in [5.74, 6) is 6.77. The molecule has 0 N–H and O–H groups in total. The van der Waals surface area contributed by atoms with Gasteiger partial charge in [0.05, 0.1) is 18.9 Å². The number of allylic oxidation sites excluding steroid dienone is 2. The molecule has 1 aromatic rings. The van der Waals surface area contributed by atoms with E-state index in [1.54, 1.807) is 7.11 Å². The van der Waals surface area contributed by atoms with Gasteiger partial charge in [-0.2, -0.15) is 0 Å². The van der Waals surface area contributed by atoms with Crippen LogP contribution in [0.2, 0.25) is 0 Å². The number of fused-ring (bicyclic) bond motifs is 1. The lowest BCUT2D eigenvalue weighted by Gasteiger charge is -2.30. The van der Waals surface area contributed by atoms with Crippen LogP contribution < -0.4 is 0 Å². The van der Waals surface area contributed by atoms with Gasteiger partial charge in [-0.1, -0.05) is 37.0 Å². The van der Waals surface area contributed by atoms with Gasteiger partial charge in [-0.05, 0) is 69.1 Å². The van der Waals surface area contributed by atoms with Crippen LogP contribution in [0.5, 0.6) is 0 Å². The first-order valence-electron chi connectivity index (χ1n) is 8.25. The SMILES string of the molecule is CCCN(C)C(C)(C)C#Cc1ccc2c(c1)C(=COC)CC=C2. The van der Waals surface area contributed by atoms with Crippen LogP contribution in [-0.4, -0.2) is 31.1 Å². The zero-order valence-corrected chi connectivity index (χ0v) is 14.9. The number of ether oxygens (including phenoxy) is 1. The Morgan fingerprint density at radius 2 is 2.13 bits per heavy atom. The van der Waals surface area contributed by atoms with Gasteiger partial charge in [0.25, 0.3) is 0 Å². The molecule has 0 bridgehead atoms. The number of hydrogen-bond acceptors (Lipinski definition) is 2. The van der Waals surface area contributed by atoms with E-state index in [1.165, 1.54) is 16.7 Å². The Bertz CT molecular complexity index is 671. The fourth-order valence-corrected chi connectivity index (χ4v) is 2.67. The Hall–Kier alpha value is -1.98. The summed E-state index contributed by atoms with van der Waals surface area (Å²) >= 11 is 0. The monoisotopic (exact) mass is 309 g/mol. The van der Waals surface area contributed by atoms with Gasteiger partial charge in [-0.3, -0.25) is 4.90 Å². The van der Waals surface area contributed by atoms with Gasteiger partial charge in [-0.25, -0.2) is 0 Å². The second-order valence-electron chi connectivity index (χ2n) is 6.52. The lowest BCUT2D eigenvalue weighted by atomic mass is 9.91. The molecule has 0 atom stereocenters. The summed E-state index contributed by atoms with van der Waals surface area (Å²) in [6.07, 6.45) is 8.21. The van der Waals surface area contributed by atoms with Crippen LogP contribution in [0.15, 0.2) is 30.5 Å². The van der Waals surface area contributed by atoms with Crippen molar-refractivity contribution < 1.29 is 4.74 Å². The average Bonchev–Trinajstić information content (AvgIpc) is 2.54. The number of benzene rings is 1. The summed E-state index contributed by atoms with van der Waals surface area (Å²) in [7, 11) is 3.83. The van der Waals surface area contributed by atoms with Gasteiger partial charge in [0.1, 0.15) is 0 Å². The van der Waals surface area contributed by atoms with E-state index >= 15 is 0 Å². The second-order valence-corrected chi connectivity index (χ2v) is 6.52. The van der Waals surface area contributed by atoms with Gasteiger partial charge in [0, 0.05) is 5.56 Å². The molecule has 0 saturated carbocycles. The lowest BCUT2D eigenvalue weighted by Crippen LogP contribution is -2.40. The molecule has 0 unspecified atom stereocenters. The van der Waals surface area contributed by atoms with Gasteiger partial charge in [0.2, 0.25) is 0 Å². The Labute approximate surface area is 140 Å². The van der Waals surface area contributed by atoms with E-state index in [0.29, 0.717) is 0 Å². The first-order valence-corrected chi connectivity index (χ1v) is 8.25. The summed E-state index contributed by atoms with van der Waals surface area (Å²) in [6, 6.07) is 6.41. The van der Waals surface area contributed by atoms with Crippen LogP contribution in [0, 0.1) is 11.8 Å². The maximum absolute atomic E-state index is 5.21. The van der Waals surface area contributed by atoms with Crippen molar-refractivity contribution in [2.45, 2.75) is 39.2 Å². The molecular weight excluding hydrogens is 282 g/mol. The van der Waals surface area contributed by atoms with E-state index in [9.17, 15) is 0 Å². The van der Waals surface area contributed by atoms with E-state index in [4.69, 9.17) is 4.74 Å². The van der Waals surface area contributed by atoms with Crippen molar-refractivity contribution in [3.05, 3.63) is 47.2 Å². The highest BCUT2D eigenvalue weighted by atomic mass is 16.5. The molecule has 2 rings (SSSR count). The highest BCUT2D eigenvalue weighted by Crippen LogP contribution is 2.29. The van der Waals surface area contributed by atoms with Crippen LogP contribution in [-0.2, 0) is 4.74 Å². The molecule has 0 saturated heterocycles. The standard InChI is InChI=1S/C21H27NO/c1-6-14-22(4)21(2,3)13-12-17-10-11-18-8-7-9-19(16-23-5)20(18)15-17/h7-8,10-11,15-16H,6,9,14H2,1-5H3. The number of hydrogen-bond donors (Lipinski definition) is 0. The Morgan fingerprint density at radius 3 is 2.83 bits per heavy atom. The molecule has 0 aromatic heterocycles. The van der Waals surface area contributed by atoms with E-state index in [0.717, 1.165) is 24.9 Å². The molecule has 1 aromatic carbocycles. The fourth-order valence-electron chi connectivity index (χ4n) is 2.67. The van der Waals surface area contributed by atoms with Crippen LogP contribution in [0.4, 0.5) is 0 Å². The molecule has 0 heterocycles. The van der Waals surface area contributed by atoms with Crippen molar-refractivity contribution in [1.82, 2.24) is 4.90 Å². The number of nitrogens with zero attached hydrogens (tertiary/aromatic N) is 1. The normalized spacial score (nSPS) is 15.3. The molecule has 2 nitrogen and oxygen atoms in total. The third kappa shape index (κ3) is 4.27. The maximum Gasteiger partial charge on any atom is 0.0865 e. The third-order valence-corrected chi connectivity index (χ3v) is 4.32. The molecule has 0 aliphatic heterocycles. The highest BCUT2D eigenvalue weighted by Gasteiger charge is 2.19. The quantitative estimate of drug-likeness (QED) is 0.597. The van der Waals surface area contributed by atoms with Crippen molar-refractivity contribution in [1.29, 1.82) is 0 Å². The molecule has 0 radical (unpaired) electrons. The summed E-state index contributed by atoms with van der Waals surface area (Å²) in [5.41, 5.74) is 4.58. The fraction of sp³-hybridized carbons (Fsp3) is 0.429. The van der Waals surface area contributed by atoms with Crippen molar-refractivity contribution >= 4 is 11.6 Å². The average molecular weight is 309 g/mol. The minimum absolute atomic E-state index is 0.128. The molecule has 122 valence electrons. The van der Waals surface area contributed by atoms with Gasteiger partial charge in [-0.15, -0.1) is 0 Å². The molecular formula is C21H27NO. The largest absolute Gasteiger partial charge is 0.504 e. The molecule has 1 aliphatic carbocycles. The van der Waals surface area contributed by atoms with Crippen LogP contribution in [0.25, 0.3) is 11.6 Å². The Morgan fingerprint density at radius 1 is 1.35 bits per heavy atom. The zero-order valence-electron chi connectivity index (χ0n) is 14.9. The molecule has 2 heteroatoms. The van der Waals surface area contributed by atoms with Crippen molar-refractivity contribution in [3.63, 3.8) is 0 Å². The zero-order chi connectivity index (χ0) is 16.9. The van der Waals surface area contributed by atoms with E-state index in [2.05, 4.69) is 74.9 Å².